The Hall–Kier alpha value is -2.17. The third-order valence-corrected chi connectivity index (χ3v) is 6.01. The van der Waals surface area contributed by atoms with Crippen LogP contribution in [0, 0.1) is 0 Å². The minimum absolute atomic E-state index is 0.172. The van der Waals surface area contributed by atoms with Crippen LogP contribution in [0.25, 0.3) is 0 Å². The summed E-state index contributed by atoms with van der Waals surface area (Å²) in [7, 11) is -3.74. The van der Waals surface area contributed by atoms with Crippen LogP contribution < -0.4 is 20.9 Å². The zero-order valence-corrected chi connectivity index (χ0v) is 15.9. The van der Waals surface area contributed by atoms with Gasteiger partial charge in [-0.05, 0) is 42.2 Å². The number of carbonyl (C=O) groups is 1. The Labute approximate surface area is 155 Å². The van der Waals surface area contributed by atoms with Gasteiger partial charge in [0.25, 0.3) is 15.9 Å². The highest BCUT2D eigenvalue weighted by Crippen LogP contribution is 2.22. The molecule has 0 radical (unpaired) electrons. The lowest BCUT2D eigenvalue weighted by atomic mass is 10.2. The summed E-state index contributed by atoms with van der Waals surface area (Å²) in [6.07, 6.45) is 0.892. The van der Waals surface area contributed by atoms with Crippen LogP contribution in [0.4, 0.5) is 5.69 Å². The summed E-state index contributed by atoms with van der Waals surface area (Å²) in [5.74, 6) is -0.509. The lowest BCUT2D eigenvalue weighted by Gasteiger charge is -2.14. The molecule has 10 heteroatoms. The molecular formula is C15H18N4O3S3. The number of carbonyl (C=O) groups excluding carboxylic acids is 1. The number of para-hydroxylation sites is 1. The Morgan fingerprint density at radius 3 is 2.60 bits per heavy atom. The average Bonchev–Trinajstić information content (AvgIpc) is 3.13. The first-order valence-corrected chi connectivity index (χ1v) is 10.2. The fourth-order valence-electron chi connectivity index (χ4n) is 1.85. The van der Waals surface area contributed by atoms with Gasteiger partial charge in [-0.1, -0.05) is 25.1 Å². The Morgan fingerprint density at radius 1 is 1.16 bits per heavy atom. The van der Waals surface area contributed by atoms with E-state index in [1.165, 1.54) is 18.2 Å². The first kappa shape index (κ1) is 19.2. The molecular weight excluding hydrogens is 380 g/mol. The molecule has 0 fully saturated rings. The van der Waals surface area contributed by atoms with Crippen LogP contribution in [0.3, 0.4) is 0 Å². The molecule has 0 unspecified atom stereocenters. The summed E-state index contributed by atoms with van der Waals surface area (Å²) in [6, 6.07) is 9.47. The van der Waals surface area contributed by atoms with Crippen LogP contribution in [-0.4, -0.2) is 26.0 Å². The molecule has 0 aliphatic carbocycles. The molecule has 1 aromatic carbocycles. The standard InChI is InChI=1S/C15H18N4O3S3/c1-2-9-16-15(23)18-17-14(20)11-6-3-4-7-12(11)19-25(21,22)13-8-5-10-24-13/h3-8,10,19H,2,9H2,1H3,(H,17,20)(H2,16,18,23). The Balaban J connectivity index is 2.10. The number of nitrogens with one attached hydrogen (secondary N) is 4. The molecule has 0 saturated heterocycles. The number of rotatable bonds is 6. The second-order valence-corrected chi connectivity index (χ2v) is 8.18. The number of sulfonamides is 1. The van der Waals surface area contributed by atoms with Gasteiger partial charge in [0.15, 0.2) is 5.11 Å². The van der Waals surface area contributed by atoms with E-state index in [1.807, 2.05) is 6.92 Å². The van der Waals surface area contributed by atoms with Crippen LogP contribution >= 0.6 is 23.6 Å². The lowest BCUT2D eigenvalue weighted by Crippen LogP contribution is -2.47. The summed E-state index contributed by atoms with van der Waals surface area (Å²) < 4.78 is 27.3. The van der Waals surface area contributed by atoms with Gasteiger partial charge in [0.1, 0.15) is 4.21 Å². The van der Waals surface area contributed by atoms with Gasteiger partial charge in [-0.25, -0.2) is 8.42 Å². The Morgan fingerprint density at radius 2 is 1.92 bits per heavy atom. The van der Waals surface area contributed by atoms with E-state index in [0.29, 0.717) is 6.54 Å². The molecule has 0 aliphatic heterocycles. The molecule has 0 bridgehead atoms. The van der Waals surface area contributed by atoms with Crippen molar-refractivity contribution in [1.29, 1.82) is 0 Å². The normalized spacial score (nSPS) is 10.8. The van der Waals surface area contributed by atoms with Crippen molar-refractivity contribution in [2.45, 2.75) is 17.6 Å². The van der Waals surface area contributed by atoms with Gasteiger partial charge in [-0.2, -0.15) is 0 Å². The van der Waals surface area contributed by atoms with Crippen LogP contribution in [-0.2, 0) is 10.0 Å². The van der Waals surface area contributed by atoms with Crippen molar-refractivity contribution < 1.29 is 13.2 Å². The van der Waals surface area contributed by atoms with Gasteiger partial charge in [0.05, 0.1) is 11.3 Å². The molecule has 2 aromatic rings. The van der Waals surface area contributed by atoms with E-state index in [9.17, 15) is 13.2 Å². The van der Waals surface area contributed by atoms with Crippen LogP contribution in [0.2, 0.25) is 0 Å². The van der Waals surface area contributed by atoms with Crippen molar-refractivity contribution in [2.24, 2.45) is 0 Å². The highest BCUT2D eigenvalue weighted by Gasteiger charge is 2.19. The molecule has 0 spiro atoms. The zero-order chi connectivity index (χ0) is 18.3. The molecule has 25 heavy (non-hydrogen) atoms. The number of anilines is 1. The van der Waals surface area contributed by atoms with E-state index < -0.39 is 15.9 Å². The number of thiocarbonyl (C=S) groups is 1. The summed E-state index contributed by atoms with van der Waals surface area (Å²) in [5.41, 5.74) is 5.38. The SMILES string of the molecule is CCCNC(=S)NNC(=O)c1ccccc1NS(=O)(=O)c1cccs1. The monoisotopic (exact) mass is 398 g/mol. The van der Waals surface area contributed by atoms with E-state index in [2.05, 4.69) is 20.9 Å². The number of amides is 1. The van der Waals surface area contributed by atoms with Crippen molar-refractivity contribution in [2.75, 3.05) is 11.3 Å². The molecule has 0 saturated carbocycles. The first-order chi connectivity index (χ1) is 11.9. The molecule has 1 aromatic heterocycles. The highest BCUT2D eigenvalue weighted by atomic mass is 32.2. The number of hydrogen-bond donors (Lipinski definition) is 4. The van der Waals surface area contributed by atoms with Gasteiger partial charge in [-0.15, -0.1) is 11.3 Å². The smallest absolute Gasteiger partial charge is 0.271 e. The van der Waals surface area contributed by atoms with Gasteiger partial charge in [0.2, 0.25) is 0 Å². The lowest BCUT2D eigenvalue weighted by molar-refractivity contribution is 0.0944. The summed E-state index contributed by atoms with van der Waals surface area (Å²) in [6.45, 7) is 2.67. The minimum Gasteiger partial charge on any atom is -0.361 e. The van der Waals surface area contributed by atoms with E-state index >= 15 is 0 Å². The predicted octanol–water partition coefficient (Wildman–Crippen LogP) is 2.07. The first-order valence-electron chi connectivity index (χ1n) is 7.43. The van der Waals surface area contributed by atoms with Gasteiger partial charge < -0.3 is 5.32 Å². The van der Waals surface area contributed by atoms with Gasteiger partial charge in [0, 0.05) is 6.54 Å². The molecule has 1 amide bonds. The predicted molar refractivity (Wildman–Crippen MR) is 103 cm³/mol. The molecule has 134 valence electrons. The Kier molecular flexibility index (Phi) is 6.73. The van der Waals surface area contributed by atoms with E-state index in [1.54, 1.807) is 23.6 Å². The van der Waals surface area contributed by atoms with Crippen LogP contribution in [0.15, 0.2) is 46.0 Å². The highest BCUT2D eigenvalue weighted by molar-refractivity contribution is 7.94. The maximum Gasteiger partial charge on any atom is 0.271 e. The summed E-state index contributed by atoms with van der Waals surface area (Å²) in [4.78, 5) is 12.3. The molecule has 2 rings (SSSR count). The fourth-order valence-corrected chi connectivity index (χ4v) is 4.07. The molecule has 0 aliphatic rings. The molecule has 1 heterocycles. The number of hydrazine groups is 1. The maximum absolute atomic E-state index is 12.3. The number of hydrogen-bond acceptors (Lipinski definition) is 5. The number of benzene rings is 1. The van der Waals surface area contributed by atoms with Crippen molar-refractivity contribution >= 4 is 50.3 Å². The average molecular weight is 399 g/mol. The minimum atomic E-state index is -3.74. The second kappa shape index (κ2) is 8.79. The van der Waals surface area contributed by atoms with E-state index in [0.717, 1.165) is 17.8 Å². The summed E-state index contributed by atoms with van der Waals surface area (Å²) >= 11 is 6.11. The molecule has 7 nitrogen and oxygen atoms in total. The third kappa shape index (κ3) is 5.41. The van der Waals surface area contributed by atoms with Gasteiger partial charge in [-0.3, -0.25) is 20.4 Å². The van der Waals surface area contributed by atoms with Crippen LogP contribution in [0.5, 0.6) is 0 Å². The van der Waals surface area contributed by atoms with Crippen LogP contribution in [0.1, 0.15) is 23.7 Å². The molecule has 0 atom stereocenters. The number of thiophene rings is 1. The van der Waals surface area contributed by atoms with Gasteiger partial charge >= 0.3 is 0 Å². The summed E-state index contributed by atoms with van der Waals surface area (Å²) in [5, 5.41) is 4.86. The molecule has 4 N–H and O–H groups in total. The Bertz CT molecular complexity index is 835. The third-order valence-electron chi connectivity index (χ3n) is 3.00. The zero-order valence-electron chi connectivity index (χ0n) is 13.4. The second-order valence-electron chi connectivity index (χ2n) is 4.92. The van der Waals surface area contributed by atoms with E-state index in [-0.39, 0.29) is 20.6 Å². The quantitative estimate of drug-likeness (QED) is 0.439. The van der Waals surface area contributed by atoms with Crippen molar-refractivity contribution in [3.05, 3.63) is 47.3 Å². The topological polar surface area (TPSA) is 99.3 Å². The largest absolute Gasteiger partial charge is 0.361 e. The fraction of sp³-hybridized carbons (Fsp3) is 0.200. The van der Waals surface area contributed by atoms with Crippen molar-refractivity contribution in [3.8, 4) is 0 Å². The van der Waals surface area contributed by atoms with E-state index in [4.69, 9.17) is 12.2 Å². The van der Waals surface area contributed by atoms with Crippen molar-refractivity contribution in [1.82, 2.24) is 16.2 Å². The maximum atomic E-state index is 12.3. The van der Waals surface area contributed by atoms with Crippen molar-refractivity contribution in [3.63, 3.8) is 0 Å².